The van der Waals surface area contributed by atoms with Gasteiger partial charge in [0.1, 0.15) is 0 Å². The molecule has 4 aliphatic rings. The Kier molecular flexibility index (Phi) is 5.79. The number of carboxylic acids is 1. The predicted octanol–water partition coefficient (Wildman–Crippen LogP) is 2.42. The van der Waals surface area contributed by atoms with E-state index in [0.29, 0.717) is 25.7 Å². The maximum atomic E-state index is 11.5. The Morgan fingerprint density at radius 2 is 1.67 bits per heavy atom. The van der Waals surface area contributed by atoms with Gasteiger partial charge >= 0.3 is 5.97 Å². The lowest BCUT2D eigenvalue weighted by molar-refractivity contribution is -0.243. The standard InChI is InChI=1S/C24H40O6/c1-12(4-7-19(27)28)14-5-6-15-20-16(11-18(26)24(14,15)3)23(2)9-8-13(25)10-17(23)21(29)22(20)30/h12-18,20-22,25-26,29-30H,4-11H2,1-3H3,(H,27,28)/t12-,13+,14-,15+,16+,17+,18+,20+,21+,22-,23-,24-/m1/s1. The van der Waals surface area contributed by atoms with E-state index in [9.17, 15) is 25.2 Å². The van der Waals surface area contributed by atoms with Crippen LogP contribution in [0.3, 0.4) is 0 Å². The zero-order chi connectivity index (χ0) is 22.0. The molecule has 12 atom stereocenters. The zero-order valence-electron chi connectivity index (χ0n) is 18.6. The molecule has 0 aromatic rings. The fourth-order valence-electron chi connectivity index (χ4n) is 8.72. The van der Waals surface area contributed by atoms with Crippen molar-refractivity contribution < 1.29 is 30.3 Å². The van der Waals surface area contributed by atoms with Crippen LogP contribution >= 0.6 is 0 Å². The first-order valence-corrected chi connectivity index (χ1v) is 12.0. The molecule has 0 saturated heterocycles. The number of aliphatic carboxylic acids is 1. The van der Waals surface area contributed by atoms with Gasteiger partial charge in [0.05, 0.1) is 24.4 Å². The van der Waals surface area contributed by atoms with Crippen LogP contribution in [0, 0.1) is 46.3 Å². The lowest BCUT2D eigenvalue weighted by Gasteiger charge is -2.64. The topological polar surface area (TPSA) is 118 Å². The number of fused-ring (bicyclic) bond motifs is 5. The number of hydrogen-bond acceptors (Lipinski definition) is 5. The number of aliphatic hydroxyl groups excluding tert-OH is 4. The molecule has 0 aliphatic heterocycles. The molecule has 172 valence electrons. The Morgan fingerprint density at radius 1 is 0.967 bits per heavy atom. The molecule has 0 heterocycles. The van der Waals surface area contributed by atoms with E-state index in [2.05, 4.69) is 20.8 Å². The summed E-state index contributed by atoms with van der Waals surface area (Å²) in [7, 11) is 0. The quantitative estimate of drug-likeness (QED) is 0.473. The molecule has 4 rings (SSSR count). The van der Waals surface area contributed by atoms with E-state index in [1.807, 2.05) is 0 Å². The Labute approximate surface area is 179 Å². The van der Waals surface area contributed by atoms with Crippen LogP contribution in [0.2, 0.25) is 0 Å². The lowest BCUT2D eigenvalue weighted by atomic mass is 9.42. The van der Waals surface area contributed by atoms with Gasteiger partial charge in [0.2, 0.25) is 0 Å². The van der Waals surface area contributed by atoms with Gasteiger partial charge < -0.3 is 25.5 Å². The molecule has 6 nitrogen and oxygen atoms in total. The number of rotatable bonds is 4. The van der Waals surface area contributed by atoms with Crippen molar-refractivity contribution >= 4 is 5.97 Å². The second-order valence-corrected chi connectivity index (χ2v) is 11.5. The summed E-state index contributed by atoms with van der Waals surface area (Å²) in [6.07, 6.45) is 2.67. The van der Waals surface area contributed by atoms with Gasteiger partial charge in [-0.05, 0) is 91.3 Å². The van der Waals surface area contributed by atoms with Crippen LogP contribution in [0.1, 0.15) is 72.1 Å². The molecule has 0 aromatic heterocycles. The summed E-state index contributed by atoms with van der Waals surface area (Å²) in [5, 5.41) is 53.1. The highest BCUT2D eigenvalue weighted by Crippen LogP contribution is 2.68. The Balaban J connectivity index is 1.64. The average Bonchev–Trinajstić information content (AvgIpc) is 3.05. The maximum absolute atomic E-state index is 11.5. The lowest BCUT2D eigenvalue weighted by Crippen LogP contribution is -2.66. The molecule has 6 heteroatoms. The van der Waals surface area contributed by atoms with E-state index in [-0.39, 0.29) is 52.8 Å². The normalized spacial score (nSPS) is 54.0. The molecule has 0 bridgehead atoms. The van der Waals surface area contributed by atoms with Gasteiger partial charge in [-0.25, -0.2) is 0 Å². The van der Waals surface area contributed by atoms with Crippen molar-refractivity contribution in [3.63, 3.8) is 0 Å². The summed E-state index contributed by atoms with van der Waals surface area (Å²) in [6.45, 7) is 6.45. The first-order valence-electron chi connectivity index (χ1n) is 12.0. The smallest absolute Gasteiger partial charge is 0.303 e. The van der Waals surface area contributed by atoms with E-state index in [1.165, 1.54) is 0 Å². The summed E-state index contributed by atoms with van der Waals surface area (Å²) >= 11 is 0. The number of hydrogen-bond donors (Lipinski definition) is 5. The molecule has 0 spiro atoms. The van der Waals surface area contributed by atoms with Crippen molar-refractivity contribution in [1.29, 1.82) is 0 Å². The minimum Gasteiger partial charge on any atom is -0.481 e. The van der Waals surface area contributed by atoms with Crippen LogP contribution < -0.4 is 0 Å². The fourth-order valence-corrected chi connectivity index (χ4v) is 8.72. The highest BCUT2D eigenvalue weighted by atomic mass is 16.4. The summed E-state index contributed by atoms with van der Waals surface area (Å²) in [5.74, 6) is -0.299. The SMILES string of the molecule is C[C@H](CCC(=O)O)[C@H]1CC[C@H]2[C@@H]3[C@@H](O)[C@@H](O)[C@@H]4C[C@@H](O)CC[C@]4(C)[C@H]3C[C@H](O)[C@]12C. The minimum atomic E-state index is -0.839. The Bertz CT molecular complexity index is 668. The third-order valence-electron chi connectivity index (χ3n) is 10.4. The van der Waals surface area contributed by atoms with Crippen LogP contribution in [-0.4, -0.2) is 55.9 Å². The second-order valence-electron chi connectivity index (χ2n) is 11.5. The van der Waals surface area contributed by atoms with Gasteiger partial charge in [0.25, 0.3) is 0 Å². The summed E-state index contributed by atoms with van der Waals surface area (Å²) in [4.78, 5) is 11.1. The molecule has 5 N–H and O–H groups in total. The van der Waals surface area contributed by atoms with E-state index in [1.54, 1.807) is 0 Å². The fraction of sp³-hybridized carbons (Fsp3) is 0.958. The van der Waals surface area contributed by atoms with Crippen LogP contribution in [0.5, 0.6) is 0 Å². The van der Waals surface area contributed by atoms with Gasteiger partial charge in [0, 0.05) is 6.42 Å². The third kappa shape index (κ3) is 3.16. The zero-order valence-corrected chi connectivity index (χ0v) is 18.6. The van der Waals surface area contributed by atoms with Crippen LogP contribution in [-0.2, 0) is 4.79 Å². The first kappa shape index (κ1) is 22.5. The summed E-state index contributed by atoms with van der Waals surface area (Å²) in [5.41, 5.74) is -0.547. The van der Waals surface area contributed by atoms with Gasteiger partial charge in [-0.2, -0.15) is 0 Å². The van der Waals surface area contributed by atoms with Crippen LogP contribution in [0.4, 0.5) is 0 Å². The molecular weight excluding hydrogens is 384 g/mol. The van der Waals surface area contributed by atoms with Crippen molar-refractivity contribution in [3.05, 3.63) is 0 Å². The van der Waals surface area contributed by atoms with E-state index in [4.69, 9.17) is 5.11 Å². The third-order valence-corrected chi connectivity index (χ3v) is 10.4. The molecule has 0 aromatic carbocycles. The van der Waals surface area contributed by atoms with Crippen LogP contribution in [0.25, 0.3) is 0 Å². The Hall–Kier alpha value is -0.690. The maximum Gasteiger partial charge on any atom is 0.303 e. The average molecular weight is 425 g/mol. The highest BCUT2D eigenvalue weighted by molar-refractivity contribution is 5.66. The molecule has 0 amide bonds. The molecule has 4 aliphatic carbocycles. The van der Waals surface area contributed by atoms with Gasteiger partial charge in [-0.15, -0.1) is 0 Å². The molecule has 0 radical (unpaired) electrons. The largest absolute Gasteiger partial charge is 0.481 e. The van der Waals surface area contributed by atoms with Gasteiger partial charge in [-0.1, -0.05) is 20.8 Å². The molecule has 4 fully saturated rings. The summed E-state index contributed by atoms with van der Waals surface area (Å²) < 4.78 is 0. The van der Waals surface area contributed by atoms with Crippen molar-refractivity contribution in [2.24, 2.45) is 46.3 Å². The summed E-state index contributed by atoms with van der Waals surface area (Å²) in [6, 6.07) is 0. The van der Waals surface area contributed by atoms with E-state index < -0.39 is 30.4 Å². The monoisotopic (exact) mass is 424 g/mol. The van der Waals surface area contributed by atoms with Gasteiger partial charge in [0.15, 0.2) is 0 Å². The van der Waals surface area contributed by atoms with Crippen LogP contribution in [0.15, 0.2) is 0 Å². The second kappa shape index (κ2) is 7.72. The number of carboxylic acid groups (broad SMARTS) is 1. The first-order chi connectivity index (χ1) is 14.0. The molecule has 4 saturated carbocycles. The Morgan fingerprint density at radius 3 is 2.33 bits per heavy atom. The highest BCUT2D eigenvalue weighted by Gasteiger charge is 2.67. The minimum absolute atomic E-state index is 0.0541. The van der Waals surface area contributed by atoms with E-state index >= 15 is 0 Å². The molecule has 30 heavy (non-hydrogen) atoms. The van der Waals surface area contributed by atoms with Crippen molar-refractivity contribution in [2.45, 2.75) is 96.6 Å². The van der Waals surface area contributed by atoms with Gasteiger partial charge in [-0.3, -0.25) is 4.79 Å². The number of carbonyl (C=O) groups is 1. The van der Waals surface area contributed by atoms with E-state index in [0.717, 1.165) is 19.3 Å². The van der Waals surface area contributed by atoms with Crippen molar-refractivity contribution in [3.8, 4) is 0 Å². The predicted molar refractivity (Wildman–Crippen MR) is 111 cm³/mol. The van der Waals surface area contributed by atoms with Crippen molar-refractivity contribution in [1.82, 2.24) is 0 Å². The molecule has 0 unspecified atom stereocenters. The number of aliphatic hydroxyl groups is 4. The molecular formula is C24H40O6. The van der Waals surface area contributed by atoms with Crippen molar-refractivity contribution in [2.75, 3.05) is 0 Å².